The molecule has 0 unspecified atom stereocenters. The molecule has 2 aromatic carbocycles. The summed E-state index contributed by atoms with van der Waals surface area (Å²) in [6, 6.07) is 12.8. The van der Waals surface area contributed by atoms with Gasteiger partial charge >= 0.3 is 0 Å². The van der Waals surface area contributed by atoms with Gasteiger partial charge in [-0.2, -0.15) is 4.31 Å². The van der Waals surface area contributed by atoms with Crippen LogP contribution >= 0.6 is 11.8 Å². The third kappa shape index (κ3) is 7.17. The van der Waals surface area contributed by atoms with Gasteiger partial charge in [0.1, 0.15) is 5.82 Å². The lowest BCUT2D eigenvalue weighted by Crippen LogP contribution is -2.40. The highest BCUT2D eigenvalue weighted by atomic mass is 32.2. The second-order valence-corrected chi connectivity index (χ2v) is 9.97. The first kappa shape index (κ1) is 23.5. The van der Waals surface area contributed by atoms with Gasteiger partial charge in [-0.1, -0.05) is 12.1 Å². The standard InChI is InChI=1S/C22H25FN2O4S2/c23-19-5-7-20(8-6-19)30-17-1-12-24-22(26)11-4-18-2-9-21(10-3-18)31(27,28)25-13-15-29-16-14-25/h2-11H,1,12-17H2,(H,24,26)/b11-4+. The minimum absolute atomic E-state index is 0.211. The van der Waals surface area contributed by atoms with E-state index in [4.69, 9.17) is 4.74 Å². The topological polar surface area (TPSA) is 75.7 Å². The summed E-state index contributed by atoms with van der Waals surface area (Å²) in [5, 5.41) is 2.81. The van der Waals surface area contributed by atoms with Crippen molar-refractivity contribution in [1.29, 1.82) is 0 Å². The molecule has 1 aliphatic heterocycles. The van der Waals surface area contributed by atoms with Gasteiger partial charge in [0, 0.05) is 30.6 Å². The van der Waals surface area contributed by atoms with Crippen molar-refractivity contribution in [2.24, 2.45) is 0 Å². The molecule has 0 aliphatic carbocycles. The summed E-state index contributed by atoms with van der Waals surface area (Å²) in [6.07, 6.45) is 3.86. The molecule has 0 aromatic heterocycles. The number of carbonyl (C=O) groups is 1. The zero-order valence-electron chi connectivity index (χ0n) is 17.0. The summed E-state index contributed by atoms with van der Waals surface area (Å²) < 4.78 is 44.7. The maximum Gasteiger partial charge on any atom is 0.243 e. The van der Waals surface area contributed by atoms with Crippen LogP contribution in [0.5, 0.6) is 0 Å². The highest BCUT2D eigenvalue weighted by Crippen LogP contribution is 2.19. The molecule has 3 rings (SSSR count). The van der Waals surface area contributed by atoms with Gasteiger partial charge < -0.3 is 10.1 Å². The molecule has 1 fully saturated rings. The molecule has 0 spiro atoms. The zero-order valence-corrected chi connectivity index (χ0v) is 18.6. The van der Waals surface area contributed by atoms with Gasteiger partial charge in [-0.25, -0.2) is 12.8 Å². The lowest BCUT2D eigenvalue weighted by Gasteiger charge is -2.26. The molecule has 166 valence electrons. The van der Waals surface area contributed by atoms with Gasteiger partial charge in [-0.05, 0) is 60.2 Å². The molecule has 1 N–H and O–H groups in total. The lowest BCUT2D eigenvalue weighted by atomic mass is 10.2. The van der Waals surface area contributed by atoms with Crippen molar-refractivity contribution in [3.8, 4) is 0 Å². The van der Waals surface area contributed by atoms with E-state index in [0.29, 0.717) is 32.8 Å². The Hall–Kier alpha value is -2.20. The van der Waals surface area contributed by atoms with Crippen LogP contribution in [0.4, 0.5) is 4.39 Å². The normalized spacial score (nSPS) is 15.3. The van der Waals surface area contributed by atoms with E-state index in [0.717, 1.165) is 22.6 Å². The summed E-state index contributed by atoms with van der Waals surface area (Å²) in [5.41, 5.74) is 0.739. The van der Waals surface area contributed by atoms with Crippen molar-refractivity contribution in [2.75, 3.05) is 38.6 Å². The van der Waals surface area contributed by atoms with Gasteiger partial charge in [0.05, 0.1) is 18.1 Å². The van der Waals surface area contributed by atoms with Gasteiger partial charge in [-0.3, -0.25) is 4.79 Å². The Bertz CT molecular complexity index is 987. The maximum absolute atomic E-state index is 12.9. The summed E-state index contributed by atoms with van der Waals surface area (Å²) in [7, 11) is -3.52. The highest BCUT2D eigenvalue weighted by Gasteiger charge is 2.25. The Morgan fingerprint density at radius 2 is 1.77 bits per heavy atom. The van der Waals surface area contributed by atoms with Crippen LogP contribution in [-0.4, -0.2) is 57.2 Å². The summed E-state index contributed by atoms with van der Waals surface area (Å²) in [5.74, 6) is 0.350. The number of hydrogen-bond donors (Lipinski definition) is 1. The van der Waals surface area contributed by atoms with Gasteiger partial charge in [0.25, 0.3) is 0 Å². The molecule has 0 atom stereocenters. The number of halogens is 1. The molecule has 1 saturated heterocycles. The summed E-state index contributed by atoms with van der Waals surface area (Å²) in [4.78, 5) is 13.2. The van der Waals surface area contributed by atoms with Crippen LogP contribution in [-0.2, 0) is 19.6 Å². The van der Waals surface area contributed by atoms with E-state index in [9.17, 15) is 17.6 Å². The van der Waals surface area contributed by atoms with Crippen molar-refractivity contribution in [3.63, 3.8) is 0 Å². The molecule has 9 heteroatoms. The number of carbonyl (C=O) groups excluding carboxylic acids is 1. The molecule has 1 aliphatic rings. The molecular weight excluding hydrogens is 439 g/mol. The highest BCUT2D eigenvalue weighted by molar-refractivity contribution is 7.99. The number of morpholine rings is 1. The number of benzene rings is 2. The Balaban J connectivity index is 1.41. The fraction of sp³-hybridized carbons (Fsp3) is 0.318. The number of thioether (sulfide) groups is 1. The second kappa shape index (κ2) is 11.4. The third-order valence-electron chi connectivity index (χ3n) is 4.62. The Labute approximate surface area is 186 Å². The van der Waals surface area contributed by atoms with Crippen LogP contribution in [0.1, 0.15) is 12.0 Å². The van der Waals surface area contributed by atoms with E-state index < -0.39 is 10.0 Å². The van der Waals surface area contributed by atoms with Crippen molar-refractivity contribution >= 4 is 33.8 Å². The second-order valence-electron chi connectivity index (χ2n) is 6.87. The molecule has 31 heavy (non-hydrogen) atoms. The Kier molecular flexibility index (Phi) is 8.65. The quantitative estimate of drug-likeness (QED) is 0.351. The van der Waals surface area contributed by atoms with E-state index in [1.807, 2.05) is 0 Å². The predicted molar refractivity (Wildman–Crippen MR) is 120 cm³/mol. The smallest absolute Gasteiger partial charge is 0.243 e. The number of nitrogens with one attached hydrogen (secondary N) is 1. The van der Waals surface area contributed by atoms with Crippen LogP contribution in [0.2, 0.25) is 0 Å². The third-order valence-corrected chi connectivity index (χ3v) is 7.63. The number of amides is 1. The monoisotopic (exact) mass is 464 g/mol. The maximum atomic E-state index is 12.9. The predicted octanol–water partition coefficient (Wildman–Crippen LogP) is 3.16. The van der Waals surface area contributed by atoms with Crippen molar-refractivity contribution in [1.82, 2.24) is 9.62 Å². The van der Waals surface area contributed by atoms with Crippen molar-refractivity contribution in [2.45, 2.75) is 16.2 Å². The first-order valence-electron chi connectivity index (χ1n) is 9.97. The summed E-state index contributed by atoms with van der Waals surface area (Å²) >= 11 is 1.61. The van der Waals surface area contributed by atoms with E-state index in [1.54, 1.807) is 54.2 Å². The molecular formula is C22H25FN2O4S2. The van der Waals surface area contributed by atoms with Crippen LogP contribution in [0.15, 0.2) is 64.4 Å². The van der Waals surface area contributed by atoms with Gasteiger partial charge in [0.15, 0.2) is 0 Å². The average molecular weight is 465 g/mol. The van der Waals surface area contributed by atoms with E-state index in [-0.39, 0.29) is 16.6 Å². The fourth-order valence-electron chi connectivity index (χ4n) is 2.92. The lowest BCUT2D eigenvalue weighted by molar-refractivity contribution is -0.116. The van der Waals surface area contributed by atoms with E-state index in [1.165, 1.54) is 22.5 Å². The number of ether oxygens (including phenoxy) is 1. The first-order chi connectivity index (χ1) is 14.9. The first-order valence-corrected chi connectivity index (χ1v) is 12.4. The Morgan fingerprint density at radius 3 is 2.45 bits per heavy atom. The minimum atomic E-state index is -3.52. The summed E-state index contributed by atoms with van der Waals surface area (Å²) in [6.45, 7) is 2.05. The number of rotatable bonds is 9. The van der Waals surface area contributed by atoms with Crippen LogP contribution in [0.25, 0.3) is 6.08 Å². The van der Waals surface area contributed by atoms with Crippen LogP contribution < -0.4 is 5.32 Å². The molecule has 0 radical (unpaired) electrons. The largest absolute Gasteiger partial charge is 0.379 e. The number of hydrogen-bond acceptors (Lipinski definition) is 5. The zero-order chi connectivity index (χ0) is 22.1. The minimum Gasteiger partial charge on any atom is -0.379 e. The van der Waals surface area contributed by atoms with Gasteiger partial charge in [-0.15, -0.1) is 11.8 Å². The molecule has 2 aromatic rings. The van der Waals surface area contributed by atoms with Gasteiger partial charge in [0.2, 0.25) is 15.9 Å². The molecule has 1 heterocycles. The molecule has 0 saturated carbocycles. The van der Waals surface area contributed by atoms with E-state index >= 15 is 0 Å². The van der Waals surface area contributed by atoms with Crippen molar-refractivity contribution < 1.29 is 22.3 Å². The molecule has 0 bridgehead atoms. The molecule has 6 nitrogen and oxygen atoms in total. The van der Waals surface area contributed by atoms with Crippen molar-refractivity contribution in [3.05, 3.63) is 66.0 Å². The molecule has 1 amide bonds. The average Bonchev–Trinajstić information content (AvgIpc) is 2.79. The fourth-order valence-corrected chi connectivity index (χ4v) is 5.18. The Morgan fingerprint density at radius 1 is 1.10 bits per heavy atom. The number of nitrogens with zero attached hydrogens (tertiary/aromatic N) is 1. The SMILES string of the molecule is O=C(/C=C/c1ccc(S(=O)(=O)N2CCOCC2)cc1)NCCCSc1ccc(F)cc1. The van der Waals surface area contributed by atoms with E-state index in [2.05, 4.69) is 5.32 Å². The number of sulfonamides is 1. The van der Waals surface area contributed by atoms with Crippen LogP contribution in [0.3, 0.4) is 0 Å². The van der Waals surface area contributed by atoms with Crippen LogP contribution in [0, 0.1) is 5.82 Å².